The maximum absolute atomic E-state index is 15.2. The van der Waals surface area contributed by atoms with Gasteiger partial charge in [0.15, 0.2) is 0 Å². The van der Waals surface area contributed by atoms with Gasteiger partial charge < -0.3 is 25.3 Å². The third-order valence-electron chi connectivity index (χ3n) is 8.96. The zero-order valence-corrected chi connectivity index (χ0v) is 27.1. The summed E-state index contributed by atoms with van der Waals surface area (Å²) in [6.45, 7) is 2.31. The highest BCUT2D eigenvalue weighted by molar-refractivity contribution is 6.36. The zero-order chi connectivity index (χ0) is 33.6. The molecule has 1 fully saturated rings. The number of ether oxygens (including phenoxy) is 1. The van der Waals surface area contributed by atoms with Crippen molar-refractivity contribution in [2.45, 2.75) is 44.7 Å². The van der Waals surface area contributed by atoms with Crippen molar-refractivity contribution in [2.75, 3.05) is 19.0 Å². The Labute approximate surface area is 274 Å². The van der Waals surface area contributed by atoms with Gasteiger partial charge in [-0.1, -0.05) is 35.9 Å². The third kappa shape index (κ3) is 5.94. The van der Waals surface area contributed by atoms with Gasteiger partial charge in [-0.05, 0) is 55.0 Å². The predicted octanol–water partition coefficient (Wildman–Crippen LogP) is 4.03. The first-order valence-electron chi connectivity index (χ1n) is 15.2. The lowest BCUT2D eigenvalue weighted by Gasteiger charge is -2.20. The van der Waals surface area contributed by atoms with Gasteiger partial charge in [-0.25, -0.2) is 14.2 Å². The van der Waals surface area contributed by atoms with Crippen molar-refractivity contribution in [1.29, 1.82) is 0 Å². The molecule has 2 unspecified atom stereocenters. The number of aryl methyl sites for hydroxylation is 2. The molecule has 1 aliphatic carbocycles. The average molecular weight is 661 g/mol. The number of aromatic nitrogens is 3. The van der Waals surface area contributed by atoms with Crippen molar-refractivity contribution in [3.05, 3.63) is 96.5 Å². The number of hydrogen-bond donors (Lipinski definition) is 3. The van der Waals surface area contributed by atoms with E-state index < -0.39 is 23.0 Å². The van der Waals surface area contributed by atoms with Crippen LogP contribution in [0.4, 0.5) is 10.1 Å². The number of nitrogens with zero attached hydrogens (tertiary/aromatic N) is 3. The van der Waals surface area contributed by atoms with Gasteiger partial charge >= 0.3 is 5.69 Å². The molecule has 3 heterocycles. The van der Waals surface area contributed by atoms with Crippen LogP contribution in [0.25, 0.3) is 22.4 Å². The lowest BCUT2D eigenvalue weighted by molar-refractivity contribution is -0.119. The van der Waals surface area contributed by atoms with Crippen LogP contribution in [-0.2, 0) is 25.3 Å². The summed E-state index contributed by atoms with van der Waals surface area (Å²) in [4.78, 5) is 54.3. The predicted molar refractivity (Wildman–Crippen MR) is 176 cm³/mol. The number of pyridine rings is 1. The molecule has 4 aromatic rings. The molecule has 11 nitrogen and oxygen atoms in total. The molecular formula is C34H34ClFN6O5. The van der Waals surface area contributed by atoms with Crippen LogP contribution >= 0.6 is 11.6 Å². The number of methoxy groups -OCH3 is 1. The number of carbonyl (C=O) groups is 2. The number of nitrogens with one attached hydrogen (secondary N) is 3. The zero-order valence-electron chi connectivity index (χ0n) is 26.4. The Morgan fingerprint density at radius 3 is 2.60 bits per heavy atom. The van der Waals surface area contributed by atoms with Crippen molar-refractivity contribution < 1.29 is 18.7 Å². The smallest absolute Gasteiger partial charge is 0.330 e. The Morgan fingerprint density at radius 1 is 1.11 bits per heavy atom. The van der Waals surface area contributed by atoms with Gasteiger partial charge in [0, 0.05) is 62.0 Å². The van der Waals surface area contributed by atoms with Crippen LogP contribution < -0.4 is 31.9 Å². The molecule has 0 spiro atoms. The summed E-state index contributed by atoms with van der Waals surface area (Å²) in [5.74, 6) is -0.971. The number of carbonyl (C=O) groups excluding carboxylic acids is 2. The number of benzene rings is 2. The van der Waals surface area contributed by atoms with Gasteiger partial charge in [-0.3, -0.25) is 19.0 Å². The van der Waals surface area contributed by atoms with Crippen LogP contribution in [0.2, 0.25) is 5.02 Å². The van der Waals surface area contributed by atoms with Gasteiger partial charge in [0.25, 0.3) is 11.5 Å². The van der Waals surface area contributed by atoms with Crippen molar-refractivity contribution in [3.8, 4) is 28.3 Å². The quantitative estimate of drug-likeness (QED) is 0.260. The molecule has 2 amide bonds. The Balaban J connectivity index is 1.31. The Bertz CT molecular complexity index is 2060. The number of amides is 2. The number of rotatable bonds is 8. The second-order valence-corrected chi connectivity index (χ2v) is 12.3. The van der Waals surface area contributed by atoms with Gasteiger partial charge in [0.1, 0.15) is 11.4 Å². The van der Waals surface area contributed by atoms with Crippen LogP contribution in [0.15, 0.2) is 52.2 Å². The molecule has 2 atom stereocenters. The first-order valence-corrected chi connectivity index (χ1v) is 15.6. The summed E-state index contributed by atoms with van der Waals surface area (Å²) < 4.78 is 22.8. The Morgan fingerprint density at radius 2 is 1.87 bits per heavy atom. The van der Waals surface area contributed by atoms with E-state index in [-0.39, 0.29) is 29.2 Å². The van der Waals surface area contributed by atoms with E-state index in [1.54, 1.807) is 26.2 Å². The number of halogens is 2. The lowest BCUT2D eigenvalue weighted by Crippen LogP contribution is -2.40. The highest BCUT2D eigenvalue weighted by Gasteiger charge is 2.30. The largest absolute Gasteiger partial charge is 0.481 e. The summed E-state index contributed by atoms with van der Waals surface area (Å²) in [7, 11) is 4.27. The number of fused-ring (bicyclic) bond motifs is 1. The number of anilines is 1. The normalized spacial score (nSPS) is 17.0. The van der Waals surface area contributed by atoms with E-state index >= 15 is 4.39 Å². The van der Waals surface area contributed by atoms with E-state index in [1.165, 1.54) is 20.2 Å². The minimum Gasteiger partial charge on any atom is -0.481 e. The minimum atomic E-state index is -0.851. The third-order valence-corrected chi connectivity index (χ3v) is 9.36. The van der Waals surface area contributed by atoms with E-state index in [4.69, 9.17) is 21.3 Å². The van der Waals surface area contributed by atoms with Crippen LogP contribution in [0.5, 0.6) is 5.88 Å². The monoisotopic (exact) mass is 660 g/mol. The molecule has 1 saturated heterocycles. The summed E-state index contributed by atoms with van der Waals surface area (Å²) in [5, 5.41) is 9.47. The molecular weight excluding hydrogens is 627 g/mol. The van der Waals surface area contributed by atoms with E-state index in [2.05, 4.69) is 16.0 Å². The van der Waals surface area contributed by atoms with E-state index in [0.29, 0.717) is 51.8 Å². The van der Waals surface area contributed by atoms with Crippen LogP contribution in [0, 0.1) is 12.7 Å². The Hall–Kier alpha value is -4.81. The lowest BCUT2D eigenvalue weighted by atomic mass is 9.95. The van der Waals surface area contributed by atoms with Crippen LogP contribution in [0.3, 0.4) is 0 Å². The second kappa shape index (κ2) is 12.8. The minimum absolute atomic E-state index is 0.0391. The molecule has 3 N–H and O–H groups in total. The number of hydrogen-bond acceptors (Lipinski definition) is 7. The maximum atomic E-state index is 15.2. The molecule has 47 heavy (non-hydrogen) atoms. The fraction of sp³-hybridized carbons (Fsp3) is 0.324. The van der Waals surface area contributed by atoms with Gasteiger partial charge in [0.2, 0.25) is 11.8 Å². The summed E-state index contributed by atoms with van der Waals surface area (Å²) in [6, 6.07) is 10.4. The molecule has 2 aliphatic rings. The molecule has 0 radical (unpaired) electrons. The van der Waals surface area contributed by atoms with E-state index in [1.807, 2.05) is 18.2 Å². The van der Waals surface area contributed by atoms with Crippen LogP contribution in [0.1, 0.15) is 52.4 Å². The first kappa shape index (κ1) is 32.1. The topological polar surface area (TPSA) is 136 Å². The SMILES string of the molecule is COc1nc(-c2cccc(-c3ccc(F)c(NC(=O)c4cn(C)c(=O)n(C)c4=O)c3C)c2Cl)cc2c1C(NCC1CCC(=O)N1)CC2. The van der Waals surface area contributed by atoms with Crippen molar-refractivity contribution in [2.24, 2.45) is 14.1 Å². The van der Waals surface area contributed by atoms with Crippen molar-refractivity contribution in [1.82, 2.24) is 24.8 Å². The van der Waals surface area contributed by atoms with Gasteiger partial charge in [0.05, 0.1) is 23.5 Å². The maximum Gasteiger partial charge on any atom is 0.330 e. The summed E-state index contributed by atoms with van der Waals surface area (Å²) >= 11 is 7.04. The van der Waals surface area contributed by atoms with E-state index in [9.17, 15) is 19.2 Å². The molecule has 2 aromatic heterocycles. The fourth-order valence-corrected chi connectivity index (χ4v) is 6.75. The van der Waals surface area contributed by atoms with Gasteiger partial charge in [-0.2, -0.15) is 0 Å². The molecule has 13 heteroatoms. The van der Waals surface area contributed by atoms with Gasteiger partial charge in [-0.15, -0.1) is 0 Å². The highest BCUT2D eigenvalue weighted by Crippen LogP contribution is 2.43. The summed E-state index contributed by atoms with van der Waals surface area (Å²) in [6.07, 6.45) is 4.16. The molecule has 0 saturated carbocycles. The molecule has 244 valence electrons. The van der Waals surface area contributed by atoms with Crippen molar-refractivity contribution in [3.63, 3.8) is 0 Å². The van der Waals surface area contributed by atoms with E-state index in [0.717, 1.165) is 45.7 Å². The molecule has 2 aromatic carbocycles. The van der Waals surface area contributed by atoms with Crippen LogP contribution in [-0.4, -0.2) is 45.6 Å². The first-order chi connectivity index (χ1) is 22.5. The molecule has 1 aliphatic heterocycles. The second-order valence-electron chi connectivity index (χ2n) is 11.9. The fourth-order valence-electron chi connectivity index (χ4n) is 6.43. The summed E-state index contributed by atoms with van der Waals surface area (Å²) in [5.41, 5.74) is 3.11. The highest BCUT2D eigenvalue weighted by atomic mass is 35.5. The molecule has 6 rings (SSSR count). The average Bonchev–Trinajstić information content (AvgIpc) is 3.68. The Kier molecular flexibility index (Phi) is 8.73. The van der Waals surface area contributed by atoms with Crippen molar-refractivity contribution >= 4 is 29.1 Å². The molecule has 0 bridgehead atoms. The standard InChI is InChI=1S/C34H34ClFN6O5/c1-17-20(10-11-24(36)30(17)40-31(44)23-16-41(2)34(46)42(3)33(23)45)21-6-5-7-22(29(21)35)26-14-18-8-12-25(28(18)32(39-26)47-4)37-15-19-9-13-27(43)38-19/h5-7,10-11,14,16,19,25,37H,8-9,12-13,15H2,1-4H3,(H,38,43)(H,40,44).